The molecule has 0 aliphatic rings. The number of hydrogen-bond donors (Lipinski definition) is 1. The molecule has 8 heteroatoms. The summed E-state index contributed by atoms with van der Waals surface area (Å²) in [5, 5.41) is 4.81. The van der Waals surface area contributed by atoms with Gasteiger partial charge in [-0.15, -0.1) is 11.3 Å². The molecule has 33 heavy (non-hydrogen) atoms. The highest BCUT2D eigenvalue weighted by atomic mass is 32.1. The predicted octanol–water partition coefficient (Wildman–Crippen LogP) is 4.90. The lowest BCUT2D eigenvalue weighted by Gasteiger charge is -2.27. The van der Waals surface area contributed by atoms with Gasteiger partial charge >= 0.3 is 6.03 Å². The molecule has 0 saturated heterocycles. The number of ether oxygens (including phenoxy) is 1. The van der Waals surface area contributed by atoms with Crippen molar-refractivity contribution in [2.45, 2.75) is 20.0 Å². The molecule has 0 unspecified atom stereocenters. The van der Waals surface area contributed by atoms with Crippen LogP contribution in [0.2, 0.25) is 0 Å². The molecule has 3 rings (SSSR count). The second-order valence-corrected chi connectivity index (χ2v) is 8.70. The molecule has 0 bridgehead atoms. The van der Waals surface area contributed by atoms with Gasteiger partial charge in [-0.1, -0.05) is 30.3 Å². The van der Waals surface area contributed by atoms with Crippen molar-refractivity contribution in [1.82, 2.24) is 9.80 Å². The third-order valence-electron chi connectivity index (χ3n) is 5.01. The van der Waals surface area contributed by atoms with Gasteiger partial charge in [-0.3, -0.25) is 4.79 Å². The lowest BCUT2D eigenvalue weighted by Crippen LogP contribution is -2.45. The highest BCUT2D eigenvalue weighted by Crippen LogP contribution is 2.16. The normalized spacial score (nSPS) is 10.6. The van der Waals surface area contributed by atoms with E-state index < -0.39 is 0 Å². The Kier molecular flexibility index (Phi) is 8.97. The summed E-state index contributed by atoms with van der Waals surface area (Å²) in [7, 11) is 1.55. The molecule has 3 amide bonds. The first-order chi connectivity index (χ1) is 15.9. The van der Waals surface area contributed by atoms with Crippen LogP contribution in [0.1, 0.15) is 16.0 Å². The van der Waals surface area contributed by atoms with Crippen LogP contribution in [0, 0.1) is 12.7 Å². The van der Waals surface area contributed by atoms with Crippen molar-refractivity contribution < 1.29 is 18.7 Å². The highest BCUT2D eigenvalue weighted by molar-refractivity contribution is 7.09. The Balaban J connectivity index is 1.74. The Labute approximate surface area is 197 Å². The van der Waals surface area contributed by atoms with Gasteiger partial charge < -0.3 is 19.9 Å². The lowest BCUT2D eigenvalue weighted by atomic mass is 10.2. The minimum Gasteiger partial charge on any atom is -0.383 e. The second-order valence-electron chi connectivity index (χ2n) is 7.67. The molecular weight excluding hydrogens is 441 g/mol. The molecule has 0 atom stereocenters. The molecule has 0 spiro atoms. The molecule has 0 fully saturated rings. The Morgan fingerprint density at radius 2 is 1.82 bits per heavy atom. The first kappa shape index (κ1) is 24.4. The van der Waals surface area contributed by atoms with Gasteiger partial charge in [0.2, 0.25) is 5.91 Å². The summed E-state index contributed by atoms with van der Waals surface area (Å²) in [5.74, 6) is -0.531. The van der Waals surface area contributed by atoms with Gasteiger partial charge in [0.1, 0.15) is 12.4 Å². The van der Waals surface area contributed by atoms with Gasteiger partial charge in [0, 0.05) is 30.8 Å². The van der Waals surface area contributed by atoms with Crippen LogP contribution in [0.15, 0.2) is 66.0 Å². The van der Waals surface area contributed by atoms with Crippen molar-refractivity contribution >= 4 is 29.0 Å². The summed E-state index contributed by atoms with van der Waals surface area (Å²) < 4.78 is 18.5. The average molecular weight is 470 g/mol. The third-order valence-corrected chi connectivity index (χ3v) is 5.88. The number of halogens is 1. The van der Waals surface area contributed by atoms with Gasteiger partial charge in [0.05, 0.1) is 13.2 Å². The smallest absolute Gasteiger partial charge is 0.322 e. The monoisotopic (exact) mass is 469 g/mol. The number of benzene rings is 2. The van der Waals surface area contributed by atoms with Crippen LogP contribution in [-0.2, 0) is 22.6 Å². The van der Waals surface area contributed by atoms with E-state index in [0.717, 1.165) is 16.0 Å². The molecule has 0 saturated carbocycles. The Morgan fingerprint density at radius 1 is 1.03 bits per heavy atom. The van der Waals surface area contributed by atoms with Gasteiger partial charge in [-0.2, -0.15) is 0 Å². The number of nitrogens with one attached hydrogen (secondary N) is 1. The van der Waals surface area contributed by atoms with Gasteiger partial charge in [0.15, 0.2) is 0 Å². The Bertz CT molecular complexity index is 1040. The van der Waals surface area contributed by atoms with E-state index >= 15 is 0 Å². The summed E-state index contributed by atoms with van der Waals surface area (Å²) in [6.07, 6.45) is 0. The maximum absolute atomic E-state index is 13.3. The predicted molar refractivity (Wildman–Crippen MR) is 129 cm³/mol. The molecule has 0 aliphatic carbocycles. The minimum absolute atomic E-state index is 0.104. The number of thiophene rings is 1. The fourth-order valence-electron chi connectivity index (χ4n) is 3.28. The molecule has 0 aliphatic heterocycles. The van der Waals surface area contributed by atoms with E-state index in [9.17, 15) is 14.0 Å². The van der Waals surface area contributed by atoms with Crippen LogP contribution in [0.25, 0.3) is 0 Å². The zero-order chi connectivity index (χ0) is 23.6. The summed E-state index contributed by atoms with van der Waals surface area (Å²) in [6.45, 7) is 3.13. The molecule has 0 radical (unpaired) electrons. The van der Waals surface area contributed by atoms with Crippen molar-refractivity contribution in [3.8, 4) is 0 Å². The van der Waals surface area contributed by atoms with E-state index in [-0.39, 0.29) is 30.8 Å². The first-order valence-corrected chi connectivity index (χ1v) is 11.5. The maximum atomic E-state index is 13.3. The summed E-state index contributed by atoms with van der Waals surface area (Å²) >= 11 is 1.56. The van der Waals surface area contributed by atoms with E-state index in [1.54, 1.807) is 41.5 Å². The Morgan fingerprint density at radius 3 is 2.48 bits per heavy atom. The molecular formula is C25H28FN3O3S. The number of urea groups is 1. The number of hydrogen-bond acceptors (Lipinski definition) is 4. The summed E-state index contributed by atoms with van der Waals surface area (Å²) in [5.41, 5.74) is 2.50. The number of methoxy groups -OCH3 is 1. The fourth-order valence-corrected chi connectivity index (χ4v) is 4.00. The minimum atomic E-state index is -0.371. The topological polar surface area (TPSA) is 61.9 Å². The number of rotatable bonds is 10. The van der Waals surface area contributed by atoms with E-state index in [2.05, 4.69) is 5.32 Å². The van der Waals surface area contributed by atoms with Crippen LogP contribution in [0.4, 0.5) is 14.9 Å². The van der Waals surface area contributed by atoms with Crippen molar-refractivity contribution in [1.29, 1.82) is 0 Å². The van der Waals surface area contributed by atoms with E-state index in [0.29, 0.717) is 25.4 Å². The summed E-state index contributed by atoms with van der Waals surface area (Å²) in [6, 6.07) is 17.1. The molecule has 1 aromatic heterocycles. The average Bonchev–Trinajstić information content (AvgIpc) is 3.30. The van der Waals surface area contributed by atoms with Gasteiger partial charge in [-0.05, 0) is 53.8 Å². The number of aryl methyl sites for hydroxylation is 1. The first-order valence-electron chi connectivity index (χ1n) is 10.6. The zero-order valence-corrected chi connectivity index (χ0v) is 19.6. The maximum Gasteiger partial charge on any atom is 0.322 e. The molecule has 1 N–H and O–H groups in total. The van der Waals surface area contributed by atoms with Crippen LogP contribution >= 0.6 is 11.3 Å². The van der Waals surface area contributed by atoms with Crippen molar-refractivity contribution in [2.24, 2.45) is 0 Å². The van der Waals surface area contributed by atoms with Gasteiger partial charge in [-0.25, -0.2) is 9.18 Å². The van der Waals surface area contributed by atoms with Crippen molar-refractivity contribution in [3.05, 3.63) is 87.9 Å². The Hall–Kier alpha value is -3.23. The number of amides is 3. The SMILES string of the molecule is COCCN(CC(=O)N(Cc1ccc(F)cc1)Cc1cccs1)C(=O)Nc1cccc(C)c1. The van der Waals surface area contributed by atoms with Crippen LogP contribution in [0.5, 0.6) is 0 Å². The number of nitrogens with zero attached hydrogens (tertiary/aromatic N) is 2. The number of anilines is 1. The van der Waals surface area contributed by atoms with Crippen LogP contribution < -0.4 is 5.32 Å². The number of carbonyl (C=O) groups excluding carboxylic acids is 2. The lowest BCUT2D eigenvalue weighted by molar-refractivity contribution is -0.133. The third kappa shape index (κ3) is 7.69. The highest BCUT2D eigenvalue weighted by Gasteiger charge is 2.22. The molecule has 1 heterocycles. The molecule has 3 aromatic rings. The largest absolute Gasteiger partial charge is 0.383 e. The van der Waals surface area contributed by atoms with Crippen molar-refractivity contribution in [3.63, 3.8) is 0 Å². The summed E-state index contributed by atoms with van der Waals surface area (Å²) in [4.78, 5) is 30.4. The molecule has 6 nitrogen and oxygen atoms in total. The molecule has 174 valence electrons. The second kappa shape index (κ2) is 12.1. The quantitative estimate of drug-likeness (QED) is 0.459. The van der Waals surface area contributed by atoms with E-state index in [1.807, 2.05) is 42.6 Å². The van der Waals surface area contributed by atoms with E-state index in [1.165, 1.54) is 17.0 Å². The van der Waals surface area contributed by atoms with Crippen LogP contribution in [-0.4, -0.2) is 48.5 Å². The van der Waals surface area contributed by atoms with Gasteiger partial charge in [0.25, 0.3) is 0 Å². The zero-order valence-electron chi connectivity index (χ0n) is 18.8. The fraction of sp³-hybridized carbons (Fsp3) is 0.280. The standard InChI is InChI=1S/C25H28FN3O3S/c1-19-5-3-6-22(15-19)27-25(31)28(12-13-32-2)18-24(30)29(17-23-7-4-14-33-23)16-20-8-10-21(26)11-9-20/h3-11,14-15H,12-13,16-18H2,1-2H3,(H,27,31). The van der Waals surface area contributed by atoms with E-state index in [4.69, 9.17) is 4.74 Å². The molecule has 2 aromatic carbocycles. The van der Waals surface area contributed by atoms with Crippen LogP contribution in [0.3, 0.4) is 0 Å². The number of carbonyl (C=O) groups is 2. The van der Waals surface area contributed by atoms with Crippen molar-refractivity contribution in [2.75, 3.05) is 32.1 Å².